The zero-order chi connectivity index (χ0) is 22.0. The molecule has 0 radical (unpaired) electrons. The number of hydrogen-bond acceptors (Lipinski definition) is 5. The van der Waals surface area contributed by atoms with Crippen LogP contribution in [0.3, 0.4) is 0 Å². The highest BCUT2D eigenvalue weighted by Gasteiger charge is 2.21. The van der Waals surface area contributed by atoms with Crippen molar-refractivity contribution in [1.29, 1.82) is 0 Å². The molecule has 5 nitrogen and oxygen atoms in total. The zero-order valence-corrected chi connectivity index (χ0v) is 18.9. The number of nitrogens with zero attached hydrogens (tertiary/aromatic N) is 2. The van der Waals surface area contributed by atoms with Crippen molar-refractivity contribution in [1.82, 2.24) is 9.55 Å². The van der Waals surface area contributed by atoms with Crippen LogP contribution in [0.4, 0.5) is 0 Å². The van der Waals surface area contributed by atoms with Crippen LogP contribution in [0.15, 0.2) is 59.7 Å². The highest BCUT2D eigenvalue weighted by Crippen LogP contribution is 2.28. The van der Waals surface area contributed by atoms with E-state index in [0.717, 1.165) is 16.9 Å². The first-order valence-electron chi connectivity index (χ1n) is 9.58. The first-order chi connectivity index (χ1) is 15.0. The Bertz CT molecular complexity index is 1300. The van der Waals surface area contributed by atoms with Crippen LogP contribution in [-0.4, -0.2) is 22.1 Å². The van der Waals surface area contributed by atoms with Crippen LogP contribution in [0, 0.1) is 6.92 Å². The van der Waals surface area contributed by atoms with Crippen LogP contribution >= 0.6 is 34.5 Å². The Morgan fingerprint density at radius 3 is 2.52 bits per heavy atom. The summed E-state index contributed by atoms with van der Waals surface area (Å²) in [5, 5.41) is 1.36. The topological polar surface area (TPSA) is 61.2 Å². The van der Waals surface area contributed by atoms with E-state index >= 15 is 0 Å². The van der Waals surface area contributed by atoms with Crippen LogP contribution in [0.1, 0.15) is 26.4 Å². The lowest BCUT2D eigenvalue weighted by atomic mass is 10.2. The Labute approximate surface area is 192 Å². The molecule has 0 saturated carbocycles. The van der Waals surface area contributed by atoms with Crippen LogP contribution in [0.5, 0.6) is 0 Å². The number of carbonyl (C=O) groups excluding carboxylic acids is 1. The summed E-state index contributed by atoms with van der Waals surface area (Å²) >= 11 is 13.6. The van der Waals surface area contributed by atoms with E-state index < -0.39 is 5.97 Å². The quantitative estimate of drug-likeness (QED) is 0.346. The van der Waals surface area contributed by atoms with Gasteiger partial charge in [0.25, 0.3) is 5.56 Å². The van der Waals surface area contributed by atoms with Gasteiger partial charge >= 0.3 is 5.97 Å². The molecule has 0 N–H and O–H groups in total. The van der Waals surface area contributed by atoms with Crippen molar-refractivity contribution in [2.24, 2.45) is 0 Å². The molecule has 2 aromatic carbocycles. The van der Waals surface area contributed by atoms with Gasteiger partial charge in [-0.1, -0.05) is 59.6 Å². The normalized spacial score (nSPS) is 11.1. The SMILES string of the molecule is Cc1c(C(=O)OCCc2ccccc2)sc2ncn(Cc3c(Cl)cccc3Cl)c(=O)c12. The summed E-state index contributed by atoms with van der Waals surface area (Å²) in [5.74, 6) is -0.448. The summed E-state index contributed by atoms with van der Waals surface area (Å²) in [4.78, 5) is 31.0. The fraction of sp³-hybridized carbons (Fsp3) is 0.174. The third-order valence-corrected chi connectivity index (χ3v) is 6.85. The van der Waals surface area contributed by atoms with Crippen molar-refractivity contribution in [3.63, 3.8) is 0 Å². The van der Waals surface area contributed by atoms with E-state index in [0.29, 0.717) is 42.7 Å². The highest BCUT2D eigenvalue weighted by atomic mass is 35.5. The van der Waals surface area contributed by atoms with E-state index in [1.165, 1.54) is 10.9 Å². The Hall–Kier alpha value is -2.67. The summed E-state index contributed by atoms with van der Waals surface area (Å²) < 4.78 is 6.88. The molecule has 0 atom stereocenters. The maximum absolute atomic E-state index is 13.1. The molecule has 0 amide bonds. The molecule has 0 aliphatic rings. The fourth-order valence-corrected chi connectivity index (χ4v) is 4.84. The van der Waals surface area contributed by atoms with Crippen LogP contribution in [0.2, 0.25) is 10.0 Å². The first kappa shape index (κ1) is 21.6. The van der Waals surface area contributed by atoms with Gasteiger partial charge in [0, 0.05) is 22.0 Å². The van der Waals surface area contributed by atoms with E-state index in [1.807, 2.05) is 30.3 Å². The Balaban J connectivity index is 1.58. The van der Waals surface area contributed by atoms with Crippen molar-refractivity contribution in [3.05, 3.63) is 96.8 Å². The number of thiophene rings is 1. The van der Waals surface area contributed by atoms with E-state index in [9.17, 15) is 9.59 Å². The molecule has 0 bridgehead atoms. The largest absolute Gasteiger partial charge is 0.461 e. The lowest BCUT2D eigenvalue weighted by molar-refractivity contribution is 0.0514. The lowest BCUT2D eigenvalue weighted by Crippen LogP contribution is -2.21. The maximum Gasteiger partial charge on any atom is 0.348 e. The number of benzene rings is 2. The van der Waals surface area contributed by atoms with E-state index in [4.69, 9.17) is 27.9 Å². The number of rotatable bonds is 6. The molecule has 0 spiro atoms. The van der Waals surface area contributed by atoms with Gasteiger partial charge in [-0.3, -0.25) is 9.36 Å². The van der Waals surface area contributed by atoms with Gasteiger partial charge < -0.3 is 4.74 Å². The minimum absolute atomic E-state index is 0.187. The summed E-state index contributed by atoms with van der Waals surface area (Å²) in [6.07, 6.45) is 2.07. The summed E-state index contributed by atoms with van der Waals surface area (Å²) in [6, 6.07) is 15.0. The summed E-state index contributed by atoms with van der Waals surface area (Å²) in [6.45, 7) is 2.19. The fourth-order valence-electron chi connectivity index (χ4n) is 3.29. The number of aryl methyl sites for hydroxylation is 1. The minimum Gasteiger partial charge on any atom is -0.461 e. The Kier molecular flexibility index (Phi) is 6.41. The van der Waals surface area contributed by atoms with Crippen LogP contribution < -0.4 is 5.56 Å². The third kappa shape index (κ3) is 4.51. The average molecular weight is 473 g/mol. The summed E-state index contributed by atoms with van der Waals surface area (Å²) in [7, 11) is 0. The smallest absolute Gasteiger partial charge is 0.348 e. The molecule has 158 valence electrons. The molecule has 8 heteroatoms. The molecular weight excluding hydrogens is 455 g/mol. The van der Waals surface area contributed by atoms with Crippen molar-refractivity contribution in [2.45, 2.75) is 19.9 Å². The number of hydrogen-bond donors (Lipinski definition) is 0. The monoisotopic (exact) mass is 472 g/mol. The zero-order valence-electron chi connectivity index (χ0n) is 16.6. The predicted molar refractivity (Wildman–Crippen MR) is 125 cm³/mol. The van der Waals surface area contributed by atoms with E-state index in [2.05, 4.69) is 4.98 Å². The second kappa shape index (κ2) is 9.22. The maximum atomic E-state index is 13.1. The number of ether oxygens (including phenoxy) is 1. The minimum atomic E-state index is -0.448. The second-order valence-corrected chi connectivity index (χ2v) is 8.80. The third-order valence-electron chi connectivity index (χ3n) is 4.96. The summed E-state index contributed by atoms with van der Waals surface area (Å²) in [5.41, 5.74) is 2.05. The van der Waals surface area contributed by atoms with Gasteiger partial charge in [0.05, 0.1) is 24.9 Å². The van der Waals surface area contributed by atoms with Crippen molar-refractivity contribution in [3.8, 4) is 0 Å². The first-order valence-corrected chi connectivity index (χ1v) is 11.2. The van der Waals surface area contributed by atoms with Gasteiger partial charge in [0.15, 0.2) is 0 Å². The van der Waals surface area contributed by atoms with E-state index in [-0.39, 0.29) is 18.7 Å². The molecule has 2 heterocycles. The average Bonchev–Trinajstić information content (AvgIpc) is 3.10. The Morgan fingerprint density at radius 2 is 1.81 bits per heavy atom. The van der Waals surface area contributed by atoms with Crippen LogP contribution in [-0.2, 0) is 17.7 Å². The molecule has 4 aromatic rings. The highest BCUT2D eigenvalue weighted by molar-refractivity contribution is 7.20. The van der Waals surface area contributed by atoms with Crippen molar-refractivity contribution >= 4 is 50.7 Å². The molecular formula is C23H18Cl2N2O3S. The molecule has 0 saturated heterocycles. The van der Waals surface area contributed by atoms with Gasteiger partial charge in [-0.2, -0.15) is 0 Å². The predicted octanol–water partition coefficient (Wildman–Crippen LogP) is 5.52. The molecule has 0 aliphatic heterocycles. The molecule has 0 aliphatic carbocycles. The van der Waals surface area contributed by atoms with E-state index in [1.54, 1.807) is 25.1 Å². The number of halogens is 2. The number of fused-ring (bicyclic) bond motifs is 1. The van der Waals surface area contributed by atoms with Crippen molar-refractivity contribution in [2.75, 3.05) is 6.61 Å². The Morgan fingerprint density at radius 1 is 1.10 bits per heavy atom. The van der Waals surface area contributed by atoms with Gasteiger partial charge in [-0.25, -0.2) is 9.78 Å². The molecule has 31 heavy (non-hydrogen) atoms. The van der Waals surface area contributed by atoms with Gasteiger partial charge in [-0.15, -0.1) is 11.3 Å². The van der Waals surface area contributed by atoms with Crippen LogP contribution in [0.25, 0.3) is 10.2 Å². The van der Waals surface area contributed by atoms with Crippen molar-refractivity contribution < 1.29 is 9.53 Å². The standard InChI is InChI=1S/C23H18Cl2N2O3S/c1-14-19-21(31-20(14)23(29)30-11-10-15-6-3-2-4-7-15)26-13-27(22(19)28)12-16-17(24)8-5-9-18(16)25/h2-9,13H,10-12H2,1H3. The van der Waals surface area contributed by atoms with Gasteiger partial charge in [0.2, 0.25) is 0 Å². The molecule has 0 unspecified atom stereocenters. The number of aromatic nitrogens is 2. The van der Waals surface area contributed by atoms with Gasteiger partial charge in [0.1, 0.15) is 9.71 Å². The second-order valence-electron chi connectivity index (χ2n) is 6.99. The molecule has 4 rings (SSSR count). The molecule has 0 fully saturated rings. The lowest BCUT2D eigenvalue weighted by Gasteiger charge is -2.09. The molecule has 2 aromatic heterocycles. The number of carbonyl (C=O) groups is 1. The van der Waals surface area contributed by atoms with Gasteiger partial charge in [-0.05, 0) is 30.2 Å². The number of esters is 1.